The van der Waals surface area contributed by atoms with Crippen molar-refractivity contribution in [2.75, 3.05) is 39.9 Å². The van der Waals surface area contributed by atoms with E-state index in [9.17, 15) is 9.59 Å². The lowest BCUT2D eigenvalue weighted by Crippen LogP contribution is -2.53. The largest absolute Gasteiger partial charge is 0.496 e. The molecule has 1 aliphatic heterocycles. The first kappa shape index (κ1) is 16.9. The number of carbonyl (C=O) groups is 2. The number of hydrogen-bond acceptors (Lipinski definition) is 4. The Morgan fingerprint density at radius 3 is 2.43 bits per heavy atom. The second-order valence-corrected chi connectivity index (χ2v) is 5.14. The second kappa shape index (κ2) is 8.26. The van der Waals surface area contributed by atoms with E-state index in [4.69, 9.17) is 9.47 Å². The van der Waals surface area contributed by atoms with E-state index in [-0.39, 0.29) is 12.1 Å². The van der Waals surface area contributed by atoms with Crippen LogP contribution in [0.1, 0.15) is 12.5 Å². The fraction of sp³-hybridized carbons (Fsp3) is 0.500. The molecule has 1 fully saturated rings. The monoisotopic (exact) mass is 321 g/mol. The molecule has 1 saturated heterocycles. The van der Waals surface area contributed by atoms with Gasteiger partial charge in [0.05, 0.1) is 13.7 Å². The summed E-state index contributed by atoms with van der Waals surface area (Å²) in [5.74, 6) is 0.750. The number of amides is 3. The standard InChI is InChI=1S/C16H23N3O4/c1-3-23-16(21)19-10-8-18(9-11-19)15(20)17-12-13-6-4-5-7-14(13)22-2/h4-7H,3,8-12H2,1-2H3,(H,17,20). The minimum atomic E-state index is -0.318. The highest BCUT2D eigenvalue weighted by Gasteiger charge is 2.24. The maximum atomic E-state index is 12.2. The Labute approximate surface area is 136 Å². The summed E-state index contributed by atoms with van der Waals surface area (Å²) in [6.45, 7) is 4.51. The highest BCUT2D eigenvalue weighted by molar-refractivity contribution is 5.75. The van der Waals surface area contributed by atoms with E-state index in [2.05, 4.69) is 5.32 Å². The number of rotatable bonds is 4. The molecule has 0 atom stereocenters. The van der Waals surface area contributed by atoms with Crippen molar-refractivity contribution in [3.05, 3.63) is 29.8 Å². The number of carbonyl (C=O) groups excluding carboxylic acids is 2. The number of para-hydroxylation sites is 1. The first-order valence-electron chi connectivity index (χ1n) is 7.72. The first-order valence-corrected chi connectivity index (χ1v) is 7.72. The molecule has 0 spiro atoms. The van der Waals surface area contributed by atoms with Crippen molar-refractivity contribution in [3.8, 4) is 5.75 Å². The Morgan fingerprint density at radius 1 is 1.13 bits per heavy atom. The zero-order valence-corrected chi connectivity index (χ0v) is 13.6. The number of urea groups is 1. The van der Waals surface area contributed by atoms with Crippen molar-refractivity contribution in [1.29, 1.82) is 0 Å². The normalized spacial score (nSPS) is 14.3. The van der Waals surface area contributed by atoms with Gasteiger partial charge < -0.3 is 24.6 Å². The predicted octanol–water partition coefficient (Wildman–Crippen LogP) is 1.68. The van der Waals surface area contributed by atoms with Crippen molar-refractivity contribution in [1.82, 2.24) is 15.1 Å². The molecule has 0 saturated carbocycles. The van der Waals surface area contributed by atoms with Gasteiger partial charge in [-0.15, -0.1) is 0 Å². The van der Waals surface area contributed by atoms with Crippen LogP contribution in [0.15, 0.2) is 24.3 Å². The molecule has 126 valence electrons. The van der Waals surface area contributed by atoms with Gasteiger partial charge in [-0.1, -0.05) is 18.2 Å². The third-order valence-corrected chi connectivity index (χ3v) is 3.72. The molecule has 1 N–H and O–H groups in total. The molecule has 0 aromatic heterocycles. The molecular weight excluding hydrogens is 298 g/mol. The Bertz CT molecular complexity index is 542. The van der Waals surface area contributed by atoms with E-state index in [0.717, 1.165) is 11.3 Å². The van der Waals surface area contributed by atoms with Crippen LogP contribution in [-0.2, 0) is 11.3 Å². The van der Waals surface area contributed by atoms with Crippen LogP contribution in [0.5, 0.6) is 5.75 Å². The van der Waals surface area contributed by atoms with Crippen molar-refractivity contribution < 1.29 is 19.1 Å². The Kier molecular flexibility index (Phi) is 6.08. The summed E-state index contributed by atoms with van der Waals surface area (Å²) in [4.78, 5) is 27.2. The minimum absolute atomic E-state index is 0.139. The number of hydrogen-bond donors (Lipinski definition) is 1. The van der Waals surface area contributed by atoms with Gasteiger partial charge in [0.2, 0.25) is 0 Å². The van der Waals surface area contributed by atoms with Gasteiger partial charge in [0.25, 0.3) is 0 Å². The number of piperazine rings is 1. The van der Waals surface area contributed by atoms with Crippen LogP contribution in [0.3, 0.4) is 0 Å². The highest BCUT2D eigenvalue weighted by atomic mass is 16.6. The molecule has 1 aliphatic rings. The minimum Gasteiger partial charge on any atom is -0.496 e. The van der Waals surface area contributed by atoms with Crippen LogP contribution in [0, 0.1) is 0 Å². The quantitative estimate of drug-likeness (QED) is 0.916. The molecule has 0 unspecified atom stereocenters. The van der Waals surface area contributed by atoms with Crippen LogP contribution in [0.25, 0.3) is 0 Å². The van der Waals surface area contributed by atoms with E-state index in [1.165, 1.54) is 0 Å². The average molecular weight is 321 g/mol. The van der Waals surface area contributed by atoms with Gasteiger partial charge in [0, 0.05) is 38.3 Å². The zero-order valence-electron chi connectivity index (χ0n) is 13.6. The topological polar surface area (TPSA) is 71.1 Å². The summed E-state index contributed by atoms with van der Waals surface area (Å²) in [6, 6.07) is 7.43. The smallest absolute Gasteiger partial charge is 0.409 e. The van der Waals surface area contributed by atoms with Gasteiger partial charge in [0.15, 0.2) is 0 Å². The van der Waals surface area contributed by atoms with Gasteiger partial charge in [-0.2, -0.15) is 0 Å². The molecule has 0 bridgehead atoms. The van der Waals surface area contributed by atoms with Gasteiger partial charge in [-0.05, 0) is 13.0 Å². The lowest BCUT2D eigenvalue weighted by Gasteiger charge is -2.34. The summed E-state index contributed by atoms with van der Waals surface area (Å²) >= 11 is 0. The molecule has 1 aromatic carbocycles. The molecule has 1 aromatic rings. The van der Waals surface area contributed by atoms with E-state index >= 15 is 0 Å². The fourth-order valence-corrected chi connectivity index (χ4v) is 2.44. The van der Waals surface area contributed by atoms with Crippen molar-refractivity contribution in [2.45, 2.75) is 13.5 Å². The SMILES string of the molecule is CCOC(=O)N1CCN(C(=O)NCc2ccccc2OC)CC1. The van der Waals surface area contributed by atoms with Crippen LogP contribution in [-0.4, -0.2) is 61.8 Å². The fourth-order valence-electron chi connectivity index (χ4n) is 2.44. The third kappa shape index (κ3) is 4.51. The number of ether oxygens (including phenoxy) is 2. The lowest BCUT2D eigenvalue weighted by molar-refractivity contribution is 0.0851. The number of nitrogens with zero attached hydrogens (tertiary/aromatic N) is 2. The molecule has 0 radical (unpaired) electrons. The zero-order chi connectivity index (χ0) is 16.7. The number of methoxy groups -OCH3 is 1. The van der Waals surface area contributed by atoms with Crippen molar-refractivity contribution >= 4 is 12.1 Å². The molecule has 7 nitrogen and oxygen atoms in total. The van der Waals surface area contributed by atoms with E-state index in [1.807, 2.05) is 24.3 Å². The Morgan fingerprint density at radius 2 is 1.78 bits per heavy atom. The molecule has 0 aliphatic carbocycles. The number of benzene rings is 1. The highest BCUT2D eigenvalue weighted by Crippen LogP contribution is 2.16. The van der Waals surface area contributed by atoms with E-state index < -0.39 is 0 Å². The van der Waals surface area contributed by atoms with Crippen LogP contribution < -0.4 is 10.1 Å². The maximum Gasteiger partial charge on any atom is 0.409 e. The van der Waals surface area contributed by atoms with E-state index in [0.29, 0.717) is 39.3 Å². The molecule has 2 rings (SSSR count). The van der Waals surface area contributed by atoms with Crippen molar-refractivity contribution in [2.24, 2.45) is 0 Å². The lowest BCUT2D eigenvalue weighted by atomic mass is 10.2. The summed E-state index contributed by atoms with van der Waals surface area (Å²) in [5.41, 5.74) is 0.925. The summed E-state index contributed by atoms with van der Waals surface area (Å²) in [5, 5.41) is 2.88. The van der Waals surface area contributed by atoms with Crippen molar-refractivity contribution in [3.63, 3.8) is 0 Å². The summed E-state index contributed by atoms with van der Waals surface area (Å²) in [7, 11) is 1.61. The average Bonchev–Trinajstić information content (AvgIpc) is 2.60. The second-order valence-electron chi connectivity index (χ2n) is 5.14. The predicted molar refractivity (Wildman–Crippen MR) is 85.4 cm³/mol. The van der Waals surface area contributed by atoms with Crippen LogP contribution in [0.2, 0.25) is 0 Å². The summed E-state index contributed by atoms with van der Waals surface area (Å²) < 4.78 is 10.2. The van der Waals surface area contributed by atoms with E-state index in [1.54, 1.807) is 23.8 Å². The molecule has 1 heterocycles. The third-order valence-electron chi connectivity index (χ3n) is 3.72. The van der Waals surface area contributed by atoms with Gasteiger partial charge >= 0.3 is 12.1 Å². The van der Waals surface area contributed by atoms with Gasteiger partial charge in [-0.25, -0.2) is 9.59 Å². The first-order chi connectivity index (χ1) is 11.2. The Balaban J connectivity index is 1.80. The molecule has 3 amide bonds. The Hall–Kier alpha value is -2.44. The summed E-state index contributed by atoms with van der Waals surface area (Å²) in [6.07, 6.45) is -0.318. The maximum absolute atomic E-state index is 12.2. The van der Waals surface area contributed by atoms with Gasteiger partial charge in [0.1, 0.15) is 5.75 Å². The van der Waals surface area contributed by atoms with Crippen LogP contribution >= 0.6 is 0 Å². The van der Waals surface area contributed by atoms with Gasteiger partial charge in [-0.3, -0.25) is 0 Å². The number of nitrogens with one attached hydrogen (secondary N) is 1. The van der Waals surface area contributed by atoms with Crippen LogP contribution in [0.4, 0.5) is 9.59 Å². The molecular formula is C16H23N3O4. The molecule has 7 heteroatoms. The molecule has 23 heavy (non-hydrogen) atoms.